The number of likely N-dealkylation sites (N-methyl/N-ethyl adjacent to an activating group) is 1. The lowest BCUT2D eigenvalue weighted by molar-refractivity contribution is 0.249. The molecule has 3 aromatic rings. The first-order valence-corrected chi connectivity index (χ1v) is 11.4. The van der Waals surface area contributed by atoms with Crippen molar-refractivity contribution in [3.63, 3.8) is 0 Å². The van der Waals surface area contributed by atoms with Crippen LogP contribution in [-0.2, 0) is 6.42 Å². The van der Waals surface area contributed by atoms with E-state index in [0.717, 1.165) is 29.2 Å². The van der Waals surface area contributed by atoms with Crippen LogP contribution >= 0.6 is 0 Å². The highest BCUT2D eigenvalue weighted by Gasteiger charge is 2.27. The molecule has 2 unspecified atom stereocenters. The Morgan fingerprint density at radius 1 is 1.21 bits per heavy atom. The zero-order chi connectivity index (χ0) is 23.7. The van der Waals surface area contributed by atoms with Crippen molar-refractivity contribution in [2.45, 2.75) is 18.3 Å². The molecule has 0 amide bonds. The Bertz CT molecular complexity index is 1230. The van der Waals surface area contributed by atoms with Crippen molar-refractivity contribution < 1.29 is 19.3 Å². The number of hydrogen-bond acceptors (Lipinski definition) is 9. The lowest BCUT2D eigenvalue weighted by Crippen LogP contribution is -2.22. The van der Waals surface area contributed by atoms with Gasteiger partial charge in [0.1, 0.15) is 35.2 Å². The fourth-order valence-electron chi connectivity index (χ4n) is 4.30. The molecule has 34 heavy (non-hydrogen) atoms. The summed E-state index contributed by atoms with van der Waals surface area (Å²) in [6.45, 7) is 2.59. The number of rotatable bonds is 7. The normalized spacial score (nSPS) is 19.1. The molecule has 2 aliphatic rings. The van der Waals surface area contributed by atoms with Crippen molar-refractivity contribution in [1.29, 1.82) is 0 Å². The molecular formula is C25H29N5O4. The fraction of sp³-hybridized carbons (Fsp3) is 0.400. The van der Waals surface area contributed by atoms with Crippen LogP contribution in [0, 0.1) is 0 Å². The Kier molecular flexibility index (Phi) is 6.10. The van der Waals surface area contributed by atoms with Gasteiger partial charge in [0.25, 0.3) is 0 Å². The van der Waals surface area contributed by atoms with E-state index in [1.54, 1.807) is 7.11 Å². The van der Waals surface area contributed by atoms with E-state index in [9.17, 15) is 5.11 Å². The smallest absolute Gasteiger partial charge is 0.222 e. The highest BCUT2D eigenvalue weighted by molar-refractivity contribution is 5.90. The quantitative estimate of drug-likeness (QED) is 0.552. The monoisotopic (exact) mass is 463 g/mol. The van der Waals surface area contributed by atoms with Crippen LogP contribution in [0.25, 0.3) is 10.9 Å². The number of hydrazone groups is 1. The van der Waals surface area contributed by atoms with Crippen LogP contribution in [0.2, 0.25) is 0 Å². The Balaban J connectivity index is 1.42. The van der Waals surface area contributed by atoms with Gasteiger partial charge in [0, 0.05) is 25.2 Å². The Morgan fingerprint density at radius 2 is 2.09 bits per heavy atom. The van der Waals surface area contributed by atoms with Gasteiger partial charge in [0.15, 0.2) is 0 Å². The van der Waals surface area contributed by atoms with E-state index in [1.807, 2.05) is 50.6 Å². The molecule has 0 saturated heterocycles. The second kappa shape index (κ2) is 9.34. The number of ether oxygens (including phenoxy) is 3. The molecule has 0 saturated carbocycles. The maximum Gasteiger partial charge on any atom is 0.222 e. The second-order valence-electron chi connectivity index (χ2n) is 8.90. The molecule has 0 fully saturated rings. The molecule has 0 radical (unpaired) electrons. The predicted molar refractivity (Wildman–Crippen MR) is 129 cm³/mol. The Morgan fingerprint density at radius 3 is 2.85 bits per heavy atom. The molecule has 1 aromatic heterocycles. The summed E-state index contributed by atoms with van der Waals surface area (Å²) in [6, 6.07) is 9.75. The van der Waals surface area contributed by atoms with Gasteiger partial charge in [-0.3, -0.25) is 0 Å². The van der Waals surface area contributed by atoms with E-state index in [2.05, 4.69) is 20.4 Å². The summed E-state index contributed by atoms with van der Waals surface area (Å²) in [5, 5.41) is 15.5. The molecule has 2 atom stereocenters. The van der Waals surface area contributed by atoms with Gasteiger partial charge in [-0.05, 0) is 62.0 Å². The van der Waals surface area contributed by atoms with Crippen molar-refractivity contribution >= 4 is 17.1 Å². The average Bonchev–Trinajstić information content (AvgIpc) is 3.38. The molecular weight excluding hydrogens is 434 g/mol. The van der Waals surface area contributed by atoms with Gasteiger partial charge in [0.05, 0.1) is 25.0 Å². The van der Waals surface area contributed by atoms with Gasteiger partial charge in [0.2, 0.25) is 5.88 Å². The summed E-state index contributed by atoms with van der Waals surface area (Å²) in [4.78, 5) is 11.3. The van der Waals surface area contributed by atoms with Crippen LogP contribution in [0.5, 0.6) is 23.1 Å². The van der Waals surface area contributed by atoms with Crippen LogP contribution in [0.3, 0.4) is 0 Å². The Hall–Kier alpha value is -3.59. The van der Waals surface area contributed by atoms with E-state index in [0.29, 0.717) is 48.7 Å². The van der Waals surface area contributed by atoms with Gasteiger partial charge < -0.3 is 29.6 Å². The molecule has 3 heterocycles. The second-order valence-corrected chi connectivity index (χ2v) is 8.90. The number of nitrogens with one attached hydrogen (secondary N) is 1. The third-order valence-electron chi connectivity index (χ3n) is 6.20. The summed E-state index contributed by atoms with van der Waals surface area (Å²) in [6.07, 6.45) is 2.54. The molecule has 0 spiro atoms. The van der Waals surface area contributed by atoms with Gasteiger partial charge in [-0.25, -0.2) is 4.98 Å². The van der Waals surface area contributed by atoms with Crippen molar-refractivity contribution in [2.75, 3.05) is 47.5 Å². The minimum atomic E-state index is -0.102. The largest absolute Gasteiger partial charge is 0.494 e. The minimum absolute atomic E-state index is 0.0605. The van der Waals surface area contributed by atoms with Crippen LogP contribution < -0.4 is 19.6 Å². The molecule has 0 aliphatic carbocycles. The maximum absolute atomic E-state index is 10.8. The first-order chi connectivity index (χ1) is 16.5. The van der Waals surface area contributed by atoms with Gasteiger partial charge in [-0.1, -0.05) is 0 Å². The number of fused-ring (bicyclic) bond motifs is 2. The number of nitrogens with zero attached hydrogens (tertiary/aromatic N) is 4. The van der Waals surface area contributed by atoms with E-state index >= 15 is 0 Å². The third-order valence-corrected chi connectivity index (χ3v) is 6.20. The highest BCUT2D eigenvalue weighted by atomic mass is 16.5. The maximum atomic E-state index is 10.8. The molecule has 9 nitrogen and oxygen atoms in total. The molecule has 9 heteroatoms. The minimum Gasteiger partial charge on any atom is -0.494 e. The lowest BCUT2D eigenvalue weighted by Gasteiger charge is -2.25. The molecule has 2 N–H and O–H groups in total. The lowest BCUT2D eigenvalue weighted by atomic mass is 9.95. The van der Waals surface area contributed by atoms with Gasteiger partial charge in [-0.2, -0.15) is 10.1 Å². The molecule has 2 aliphatic heterocycles. The molecule has 178 valence electrons. The summed E-state index contributed by atoms with van der Waals surface area (Å²) in [7, 11) is 5.64. The highest BCUT2D eigenvalue weighted by Crippen LogP contribution is 2.37. The summed E-state index contributed by atoms with van der Waals surface area (Å²) in [5.74, 6) is 2.73. The first-order valence-electron chi connectivity index (χ1n) is 11.4. The summed E-state index contributed by atoms with van der Waals surface area (Å²) in [5.41, 5.74) is 5.57. The van der Waals surface area contributed by atoms with Crippen LogP contribution in [-0.4, -0.2) is 73.7 Å². The standard InChI is InChI=1S/C25H29N5O4/c1-30(2)6-7-33-19-4-5-21-16(9-19)8-17(14-34-21)24-28-23-20(25(31)29-24)10-15(11-22(23)32-3)18-12-26-27-13-18/h4-5,9-12,17-18,27H,6-8,13-14H2,1-3H3,(H,28,29,31). The van der Waals surface area contributed by atoms with Crippen LogP contribution in [0.1, 0.15) is 28.8 Å². The molecule has 5 rings (SSSR count). The number of benzene rings is 2. The van der Waals surface area contributed by atoms with Crippen molar-refractivity contribution in [3.05, 3.63) is 47.3 Å². The Labute approximate surface area is 198 Å². The SMILES string of the molecule is COc1cc(C2C=NNC2)cc2c(O)nc(C3COc4ccc(OCCN(C)C)cc4C3)nc12. The average molecular weight is 464 g/mol. The van der Waals surface area contributed by atoms with Crippen molar-refractivity contribution in [3.8, 4) is 23.1 Å². The van der Waals surface area contributed by atoms with E-state index in [1.165, 1.54) is 0 Å². The first kappa shape index (κ1) is 22.2. The van der Waals surface area contributed by atoms with E-state index in [-0.39, 0.29) is 17.7 Å². The number of hydrogen-bond donors (Lipinski definition) is 2. The number of aromatic nitrogens is 2. The van der Waals surface area contributed by atoms with Crippen molar-refractivity contribution in [2.24, 2.45) is 5.10 Å². The third kappa shape index (κ3) is 4.43. The molecule has 2 aromatic carbocycles. The summed E-state index contributed by atoms with van der Waals surface area (Å²) >= 11 is 0. The van der Waals surface area contributed by atoms with E-state index < -0.39 is 0 Å². The van der Waals surface area contributed by atoms with Crippen LogP contribution in [0.15, 0.2) is 35.4 Å². The van der Waals surface area contributed by atoms with Crippen LogP contribution in [0.4, 0.5) is 0 Å². The zero-order valence-corrected chi connectivity index (χ0v) is 19.6. The summed E-state index contributed by atoms with van der Waals surface area (Å²) < 4.78 is 17.5. The zero-order valence-electron chi connectivity index (χ0n) is 19.6. The number of aromatic hydroxyl groups is 1. The van der Waals surface area contributed by atoms with Crippen molar-refractivity contribution in [1.82, 2.24) is 20.3 Å². The topological polar surface area (TPSA) is 101 Å². The molecule has 0 bridgehead atoms. The fourth-order valence-corrected chi connectivity index (χ4v) is 4.30. The van der Waals surface area contributed by atoms with Gasteiger partial charge >= 0.3 is 0 Å². The van der Waals surface area contributed by atoms with Gasteiger partial charge in [-0.15, -0.1) is 0 Å². The predicted octanol–water partition coefficient (Wildman–Crippen LogP) is 2.68. The van der Waals surface area contributed by atoms with E-state index in [4.69, 9.17) is 19.2 Å². The number of methoxy groups -OCH3 is 1.